The van der Waals surface area contributed by atoms with Crippen LogP contribution in [-0.4, -0.2) is 35.6 Å². The fourth-order valence-electron chi connectivity index (χ4n) is 3.37. The number of rotatable bonds is 9. The van der Waals surface area contributed by atoms with Crippen molar-refractivity contribution in [3.63, 3.8) is 0 Å². The summed E-state index contributed by atoms with van der Waals surface area (Å²) in [5.41, 5.74) is 1.29. The molecule has 0 saturated carbocycles. The SMILES string of the molecule is COCCN(Cc1cccn1Cc1cccc(C(F)(F)F)c1)C(=O)Cc1ccc(F)cc1. The fourth-order valence-corrected chi connectivity index (χ4v) is 3.37. The number of aromatic nitrogens is 1. The molecule has 170 valence electrons. The van der Waals surface area contributed by atoms with Crippen molar-refractivity contribution in [2.24, 2.45) is 0 Å². The molecule has 0 bridgehead atoms. The molecule has 0 spiro atoms. The molecule has 0 radical (unpaired) electrons. The minimum Gasteiger partial charge on any atom is -0.383 e. The second kappa shape index (κ2) is 10.5. The number of benzene rings is 2. The van der Waals surface area contributed by atoms with Gasteiger partial charge in [0.2, 0.25) is 5.91 Å². The number of carbonyl (C=O) groups excluding carboxylic acids is 1. The zero-order valence-electron chi connectivity index (χ0n) is 17.6. The van der Waals surface area contributed by atoms with Crippen LogP contribution >= 0.6 is 0 Å². The van der Waals surface area contributed by atoms with E-state index in [2.05, 4.69) is 0 Å². The average molecular weight is 448 g/mol. The van der Waals surface area contributed by atoms with Crippen molar-refractivity contribution in [3.05, 3.63) is 95.1 Å². The number of methoxy groups -OCH3 is 1. The number of carbonyl (C=O) groups is 1. The predicted octanol–water partition coefficient (Wildman–Crippen LogP) is 4.91. The summed E-state index contributed by atoms with van der Waals surface area (Å²) >= 11 is 0. The fraction of sp³-hybridized carbons (Fsp3) is 0.292. The molecular weight excluding hydrogens is 424 g/mol. The molecule has 1 heterocycles. The molecule has 8 heteroatoms. The van der Waals surface area contributed by atoms with E-state index in [1.807, 2.05) is 10.6 Å². The quantitative estimate of drug-likeness (QED) is 0.436. The van der Waals surface area contributed by atoms with E-state index in [0.29, 0.717) is 24.3 Å². The van der Waals surface area contributed by atoms with Gasteiger partial charge in [-0.15, -0.1) is 0 Å². The van der Waals surface area contributed by atoms with Crippen molar-refractivity contribution in [3.8, 4) is 0 Å². The average Bonchev–Trinajstić information content (AvgIpc) is 3.18. The van der Waals surface area contributed by atoms with Crippen LogP contribution < -0.4 is 0 Å². The highest BCUT2D eigenvalue weighted by Gasteiger charge is 2.30. The van der Waals surface area contributed by atoms with Gasteiger partial charge in [-0.1, -0.05) is 24.3 Å². The summed E-state index contributed by atoms with van der Waals surface area (Å²) < 4.78 is 59.1. The van der Waals surface area contributed by atoms with Crippen molar-refractivity contribution >= 4 is 5.91 Å². The summed E-state index contributed by atoms with van der Waals surface area (Å²) in [6, 6.07) is 14.6. The van der Waals surface area contributed by atoms with E-state index in [1.165, 1.54) is 18.2 Å². The van der Waals surface area contributed by atoms with Crippen molar-refractivity contribution < 1.29 is 27.1 Å². The third-order valence-corrected chi connectivity index (χ3v) is 5.07. The highest BCUT2D eigenvalue weighted by Crippen LogP contribution is 2.29. The monoisotopic (exact) mass is 448 g/mol. The second-order valence-electron chi connectivity index (χ2n) is 7.44. The Balaban J connectivity index is 1.74. The Morgan fingerprint density at radius 1 is 1.03 bits per heavy atom. The third kappa shape index (κ3) is 6.43. The van der Waals surface area contributed by atoms with Gasteiger partial charge in [-0.3, -0.25) is 4.79 Å². The van der Waals surface area contributed by atoms with Crippen LogP contribution in [0.5, 0.6) is 0 Å². The molecule has 0 unspecified atom stereocenters. The van der Waals surface area contributed by atoms with Gasteiger partial charge in [0.15, 0.2) is 0 Å². The summed E-state index contributed by atoms with van der Waals surface area (Å²) in [6.07, 6.45) is -2.52. The number of alkyl halides is 3. The lowest BCUT2D eigenvalue weighted by molar-refractivity contribution is -0.137. The number of ether oxygens (including phenoxy) is 1. The Kier molecular flexibility index (Phi) is 7.69. The van der Waals surface area contributed by atoms with Crippen LogP contribution in [-0.2, 0) is 35.2 Å². The minimum absolute atomic E-state index is 0.109. The first-order valence-electron chi connectivity index (χ1n) is 10.1. The summed E-state index contributed by atoms with van der Waals surface area (Å²) in [7, 11) is 1.54. The molecular formula is C24H24F4N2O2. The van der Waals surface area contributed by atoms with E-state index < -0.39 is 11.7 Å². The zero-order valence-corrected chi connectivity index (χ0v) is 17.6. The van der Waals surface area contributed by atoms with Gasteiger partial charge < -0.3 is 14.2 Å². The van der Waals surface area contributed by atoms with Crippen molar-refractivity contribution in [1.29, 1.82) is 0 Å². The lowest BCUT2D eigenvalue weighted by Crippen LogP contribution is -2.35. The molecule has 3 rings (SSSR count). The van der Waals surface area contributed by atoms with E-state index in [9.17, 15) is 22.4 Å². The smallest absolute Gasteiger partial charge is 0.383 e. The molecule has 0 atom stereocenters. The molecule has 1 aromatic heterocycles. The Morgan fingerprint density at radius 2 is 1.78 bits per heavy atom. The normalized spacial score (nSPS) is 11.5. The number of hydrogen-bond acceptors (Lipinski definition) is 2. The van der Waals surface area contributed by atoms with Gasteiger partial charge in [0.1, 0.15) is 5.82 Å². The zero-order chi connectivity index (χ0) is 23.1. The summed E-state index contributed by atoms with van der Waals surface area (Å²) in [6.45, 7) is 1.21. The molecule has 2 aromatic carbocycles. The van der Waals surface area contributed by atoms with Crippen molar-refractivity contribution in [2.45, 2.75) is 25.7 Å². The molecule has 1 amide bonds. The molecule has 0 saturated heterocycles. The van der Waals surface area contributed by atoms with Crippen LogP contribution in [0.1, 0.15) is 22.4 Å². The lowest BCUT2D eigenvalue weighted by Gasteiger charge is -2.23. The maximum absolute atomic E-state index is 13.1. The Labute approximate surface area is 184 Å². The molecule has 3 aromatic rings. The van der Waals surface area contributed by atoms with Crippen molar-refractivity contribution in [1.82, 2.24) is 9.47 Å². The summed E-state index contributed by atoms with van der Waals surface area (Å²) in [5.74, 6) is -0.523. The van der Waals surface area contributed by atoms with Crippen molar-refractivity contribution in [2.75, 3.05) is 20.3 Å². The van der Waals surface area contributed by atoms with Crippen LogP contribution in [0.15, 0.2) is 66.9 Å². The summed E-state index contributed by atoms with van der Waals surface area (Å²) in [5, 5.41) is 0. The van der Waals surface area contributed by atoms with Gasteiger partial charge in [-0.25, -0.2) is 4.39 Å². The largest absolute Gasteiger partial charge is 0.416 e. The highest BCUT2D eigenvalue weighted by atomic mass is 19.4. The molecule has 0 fully saturated rings. The first-order chi connectivity index (χ1) is 15.3. The minimum atomic E-state index is -4.40. The molecule has 32 heavy (non-hydrogen) atoms. The maximum atomic E-state index is 13.1. The van der Waals surface area contributed by atoms with Crippen LogP contribution in [0.25, 0.3) is 0 Å². The second-order valence-corrected chi connectivity index (χ2v) is 7.44. The van der Waals surface area contributed by atoms with E-state index in [0.717, 1.165) is 17.8 Å². The number of hydrogen-bond donors (Lipinski definition) is 0. The van der Waals surface area contributed by atoms with Crippen LogP contribution in [0.3, 0.4) is 0 Å². The van der Waals surface area contributed by atoms with Gasteiger partial charge in [-0.05, 0) is 47.5 Å². The van der Waals surface area contributed by atoms with Gasteiger partial charge in [0.25, 0.3) is 0 Å². The van der Waals surface area contributed by atoms with Crippen LogP contribution in [0.4, 0.5) is 17.6 Å². The Bertz CT molecular complexity index is 1030. The molecule has 0 aliphatic carbocycles. The Hall–Kier alpha value is -3.13. The standard InChI is InChI=1S/C24H24F4N2O2/c1-32-13-12-30(23(31)15-18-7-9-21(25)10-8-18)17-22-6-3-11-29(22)16-19-4-2-5-20(14-19)24(26,27)28/h2-11,14H,12-13,15-17H2,1H3. The maximum Gasteiger partial charge on any atom is 0.416 e. The molecule has 0 aliphatic rings. The Morgan fingerprint density at radius 3 is 2.47 bits per heavy atom. The molecule has 0 aliphatic heterocycles. The number of nitrogens with zero attached hydrogens (tertiary/aromatic N) is 2. The van der Waals surface area contributed by atoms with E-state index >= 15 is 0 Å². The van der Waals surface area contributed by atoms with Gasteiger partial charge in [0, 0.05) is 32.1 Å². The van der Waals surface area contributed by atoms with E-state index in [-0.39, 0.29) is 31.2 Å². The first kappa shape index (κ1) is 23.5. The molecule has 4 nitrogen and oxygen atoms in total. The van der Waals surface area contributed by atoms with Crippen LogP contribution in [0.2, 0.25) is 0 Å². The number of amides is 1. The van der Waals surface area contributed by atoms with Gasteiger partial charge in [0.05, 0.1) is 25.1 Å². The third-order valence-electron chi connectivity index (χ3n) is 5.07. The first-order valence-corrected chi connectivity index (χ1v) is 10.1. The van der Waals surface area contributed by atoms with Crippen LogP contribution in [0, 0.1) is 5.82 Å². The van der Waals surface area contributed by atoms with Gasteiger partial charge >= 0.3 is 6.18 Å². The van der Waals surface area contributed by atoms with Gasteiger partial charge in [-0.2, -0.15) is 13.2 Å². The summed E-state index contributed by atoms with van der Waals surface area (Å²) in [4.78, 5) is 14.5. The lowest BCUT2D eigenvalue weighted by atomic mass is 10.1. The number of halogens is 4. The predicted molar refractivity (Wildman–Crippen MR) is 112 cm³/mol. The molecule has 0 N–H and O–H groups in total. The van der Waals surface area contributed by atoms with E-state index in [1.54, 1.807) is 42.5 Å². The van der Waals surface area contributed by atoms with E-state index in [4.69, 9.17) is 4.74 Å². The highest BCUT2D eigenvalue weighted by molar-refractivity contribution is 5.78. The topological polar surface area (TPSA) is 34.5 Å².